The van der Waals surface area contributed by atoms with E-state index in [2.05, 4.69) is 10.6 Å². The van der Waals surface area contributed by atoms with Gasteiger partial charge in [-0.15, -0.1) is 0 Å². The standard InChI is InChI=1S/C35H30ClN3O4S/c1-5-43-34(41)30-31(23-9-7-6-8-10-23)37-35-39(32(30)24-11-17-28(42-4)18-12-24)33(40)29(44-35)20-25-19-21(2)38(22(25)3)27-15-13-26(36)14-16-27/h6-20,32H,5H2,1-4H3/b29-20-/t32-/m0/s1. The maximum Gasteiger partial charge on any atom is 0.338 e. The third kappa shape index (κ3) is 5.31. The fraction of sp³-hybridized carbons (Fsp3) is 0.171. The maximum absolute atomic E-state index is 14.3. The largest absolute Gasteiger partial charge is 0.497 e. The van der Waals surface area contributed by atoms with E-state index in [4.69, 9.17) is 26.1 Å². The highest BCUT2D eigenvalue weighted by Crippen LogP contribution is 2.35. The van der Waals surface area contributed by atoms with Crippen LogP contribution in [0.2, 0.25) is 5.02 Å². The predicted molar refractivity (Wildman–Crippen MR) is 174 cm³/mol. The lowest BCUT2D eigenvalue weighted by atomic mass is 9.93. The number of methoxy groups -OCH3 is 1. The van der Waals surface area contributed by atoms with Gasteiger partial charge in [-0.2, -0.15) is 0 Å². The second kappa shape index (κ2) is 12.1. The van der Waals surface area contributed by atoms with Crippen molar-refractivity contribution in [1.82, 2.24) is 9.13 Å². The lowest BCUT2D eigenvalue weighted by Crippen LogP contribution is -2.40. The highest BCUT2D eigenvalue weighted by Gasteiger charge is 2.35. The molecule has 5 aromatic rings. The quantitative estimate of drug-likeness (QED) is 0.208. The van der Waals surface area contributed by atoms with Gasteiger partial charge in [-0.05, 0) is 80.4 Å². The molecule has 0 saturated heterocycles. The van der Waals surface area contributed by atoms with Crippen LogP contribution in [0.15, 0.2) is 100 Å². The van der Waals surface area contributed by atoms with E-state index in [1.54, 1.807) is 18.6 Å². The van der Waals surface area contributed by atoms with Gasteiger partial charge in [0.2, 0.25) is 0 Å². The summed E-state index contributed by atoms with van der Waals surface area (Å²) in [6.07, 6.45) is 1.90. The number of halogens is 1. The minimum atomic E-state index is -0.755. The molecule has 1 atom stereocenters. The van der Waals surface area contributed by atoms with Crippen LogP contribution in [-0.2, 0) is 9.53 Å². The van der Waals surface area contributed by atoms with Gasteiger partial charge in [-0.3, -0.25) is 9.36 Å². The molecule has 0 fully saturated rings. The first-order valence-corrected chi connectivity index (χ1v) is 15.4. The minimum Gasteiger partial charge on any atom is -0.497 e. The summed E-state index contributed by atoms with van der Waals surface area (Å²) in [5.41, 5.74) is 5.97. The number of aromatic nitrogens is 2. The van der Waals surface area contributed by atoms with Crippen molar-refractivity contribution < 1.29 is 14.3 Å². The van der Waals surface area contributed by atoms with Gasteiger partial charge in [0, 0.05) is 27.7 Å². The van der Waals surface area contributed by atoms with Gasteiger partial charge in [-0.25, -0.2) is 9.79 Å². The van der Waals surface area contributed by atoms with Gasteiger partial charge in [0.1, 0.15) is 5.75 Å². The number of rotatable bonds is 7. The molecule has 0 saturated carbocycles. The van der Waals surface area contributed by atoms with Gasteiger partial charge < -0.3 is 14.0 Å². The summed E-state index contributed by atoms with van der Waals surface area (Å²) in [7, 11) is 1.60. The zero-order chi connectivity index (χ0) is 31.0. The normalized spacial score (nSPS) is 14.8. The number of aryl methyl sites for hydroxylation is 1. The Morgan fingerprint density at radius 1 is 1.02 bits per heavy atom. The number of hydrogen-bond acceptors (Lipinski definition) is 6. The Balaban J connectivity index is 1.59. The molecular formula is C35H30ClN3O4S. The highest BCUT2D eigenvalue weighted by atomic mass is 35.5. The number of benzene rings is 3. The molecule has 0 radical (unpaired) electrons. The molecule has 44 heavy (non-hydrogen) atoms. The van der Waals surface area contributed by atoms with Crippen LogP contribution in [0, 0.1) is 13.8 Å². The molecule has 3 heterocycles. The number of carbonyl (C=O) groups excluding carboxylic acids is 1. The van der Waals surface area contributed by atoms with Gasteiger partial charge in [0.25, 0.3) is 5.56 Å². The lowest BCUT2D eigenvalue weighted by molar-refractivity contribution is -0.138. The van der Waals surface area contributed by atoms with Gasteiger partial charge in [0.15, 0.2) is 4.80 Å². The molecule has 0 unspecified atom stereocenters. The zero-order valence-electron chi connectivity index (χ0n) is 24.7. The number of fused-ring (bicyclic) bond motifs is 1. The van der Waals surface area contributed by atoms with Crippen LogP contribution in [0.3, 0.4) is 0 Å². The molecule has 0 N–H and O–H groups in total. The van der Waals surface area contributed by atoms with Crippen LogP contribution in [0.4, 0.5) is 0 Å². The van der Waals surface area contributed by atoms with E-state index in [9.17, 15) is 9.59 Å². The summed E-state index contributed by atoms with van der Waals surface area (Å²) in [5.74, 6) is 0.152. The molecule has 3 aromatic carbocycles. The Morgan fingerprint density at radius 3 is 2.39 bits per heavy atom. The van der Waals surface area contributed by atoms with E-state index in [1.165, 1.54) is 11.3 Å². The first-order valence-electron chi connectivity index (χ1n) is 14.2. The van der Waals surface area contributed by atoms with Crippen molar-refractivity contribution in [2.45, 2.75) is 26.8 Å². The van der Waals surface area contributed by atoms with Crippen LogP contribution in [-0.4, -0.2) is 28.8 Å². The van der Waals surface area contributed by atoms with Crippen molar-refractivity contribution in [1.29, 1.82) is 0 Å². The van der Waals surface area contributed by atoms with E-state index in [1.807, 2.05) is 98.8 Å². The second-order valence-electron chi connectivity index (χ2n) is 10.3. The third-order valence-corrected chi connectivity index (χ3v) is 8.88. The first-order chi connectivity index (χ1) is 21.3. The molecule has 0 spiro atoms. The van der Waals surface area contributed by atoms with Crippen LogP contribution in [0.25, 0.3) is 17.5 Å². The molecule has 6 rings (SSSR count). The Bertz CT molecular complexity index is 2070. The maximum atomic E-state index is 14.3. The van der Waals surface area contributed by atoms with E-state index >= 15 is 0 Å². The smallest absolute Gasteiger partial charge is 0.338 e. The van der Waals surface area contributed by atoms with E-state index in [0.717, 1.165) is 33.8 Å². The van der Waals surface area contributed by atoms with Crippen molar-refractivity contribution in [3.8, 4) is 11.4 Å². The molecule has 9 heteroatoms. The number of esters is 1. The molecule has 2 aromatic heterocycles. The van der Waals surface area contributed by atoms with Gasteiger partial charge in [-0.1, -0.05) is 65.4 Å². The molecule has 0 aliphatic carbocycles. The van der Waals surface area contributed by atoms with Crippen molar-refractivity contribution in [3.63, 3.8) is 0 Å². The number of carbonyl (C=O) groups is 1. The van der Waals surface area contributed by atoms with Crippen LogP contribution < -0.4 is 19.6 Å². The highest BCUT2D eigenvalue weighted by molar-refractivity contribution is 7.07. The SMILES string of the molecule is CCOC(=O)C1=C(c2ccccc2)N=c2s/c(=C\c3cc(C)n(-c4ccc(Cl)cc4)c3C)c(=O)n2[C@H]1c1ccc(OC)cc1. The molecule has 1 aliphatic heterocycles. The number of hydrogen-bond donors (Lipinski definition) is 0. The average Bonchev–Trinajstić information content (AvgIpc) is 3.50. The van der Waals surface area contributed by atoms with Crippen LogP contribution in [0.5, 0.6) is 5.75 Å². The summed E-state index contributed by atoms with van der Waals surface area (Å²) in [5, 5.41) is 0.668. The molecule has 0 bridgehead atoms. The van der Waals surface area contributed by atoms with E-state index < -0.39 is 12.0 Å². The van der Waals surface area contributed by atoms with Gasteiger partial charge >= 0.3 is 5.97 Å². The molecule has 7 nitrogen and oxygen atoms in total. The van der Waals surface area contributed by atoms with Crippen LogP contribution in [0.1, 0.15) is 41.0 Å². The van der Waals surface area contributed by atoms with E-state index in [-0.39, 0.29) is 12.2 Å². The number of ether oxygens (including phenoxy) is 2. The Morgan fingerprint density at radius 2 is 1.73 bits per heavy atom. The van der Waals surface area contributed by atoms with E-state index in [0.29, 0.717) is 31.4 Å². The predicted octanol–water partition coefficient (Wildman–Crippen LogP) is 6.01. The van der Waals surface area contributed by atoms with Crippen molar-refractivity contribution in [3.05, 3.63) is 143 Å². The Hall–Kier alpha value is -4.66. The molecule has 1 aliphatic rings. The summed E-state index contributed by atoms with van der Waals surface area (Å²) in [6, 6.07) is 25.9. The fourth-order valence-corrected chi connectivity index (χ4v) is 6.72. The monoisotopic (exact) mass is 623 g/mol. The number of thiazole rings is 1. The second-order valence-corrected chi connectivity index (χ2v) is 11.8. The topological polar surface area (TPSA) is 74.8 Å². The van der Waals surface area contributed by atoms with Crippen LogP contribution >= 0.6 is 22.9 Å². The summed E-state index contributed by atoms with van der Waals surface area (Å²) in [4.78, 5) is 33.4. The first kappa shape index (κ1) is 29.4. The zero-order valence-corrected chi connectivity index (χ0v) is 26.3. The van der Waals surface area contributed by atoms with Gasteiger partial charge in [0.05, 0.1) is 35.6 Å². The molecular weight excluding hydrogens is 594 g/mol. The Labute approximate surface area is 263 Å². The van der Waals surface area contributed by atoms with Crippen molar-refractivity contribution in [2.75, 3.05) is 13.7 Å². The molecule has 0 amide bonds. The molecule has 222 valence electrons. The summed E-state index contributed by atoms with van der Waals surface area (Å²) in [6.45, 7) is 6.01. The third-order valence-electron chi connectivity index (χ3n) is 7.65. The van der Waals surface area contributed by atoms with Crippen molar-refractivity contribution >= 4 is 40.7 Å². The summed E-state index contributed by atoms with van der Waals surface area (Å²) >= 11 is 7.43. The fourth-order valence-electron chi connectivity index (χ4n) is 5.60. The Kier molecular flexibility index (Phi) is 8.12. The number of nitrogens with zero attached hydrogens (tertiary/aromatic N) is 3. The lowest BCUT2D eigenvalue weighted by Gasteiger charge is -2.26. The minimum absolute atomic E-state index is 0.188. The average molecular weight is 624 g/mol. The van der Waals surface area contributed by atoms with Crippen molar-refractivity contribution in [2.24, 2.45) is 4.99 Å². The summed E-state index contributed by atoms with van der Waals surface area (Å²) < 4.78 is 15.2.